The van der Waals surface area contributed by atoms with E-state index >= 15 is 0 Å². The van der Waals surface area contributed by atoms with Crippen LogP contribution in [0.2, 0.25) is 0 Å². The quantitative estimate of drug-likeness (QED) is 0.903. The molecular formula is C15H25NO2S. The van der Waals surface area contributed by atoms with E-state index in [1.807, 2.05) is 38.2 Å². The van der Waals surface area contributed by atoms with Gasteiger partial charge in [0.25, 0.3) is 0 Å². The number of hydrogen-bond acceptors (Lipinski definition) is 3. The third kappa shape index (κ3) is 4.96. The fraction of sp³-hybridized carbons (Fsp3) is 0.600. The Morgan fingerprint density at radius 1 is 1.21 bits per heavy atom. The molecule has 0 saturated heterocycles. The van der Waals surface area contributed by atoms with Crippen molar-refractivity contribution in [2.75, 3.05) is 12.8 Å². The van der Waals surface area contributed by atoms with E-state index in [2.05, 4.69) is 26.1 Å². The van der Waals surface area contributed by atoms with Crippen molar-refractivity contribution < 1.29 is 8.42 Å². The molecule has 1 rings (SSSR count). The Labute approximate surface area is 117 Å². The molecule has 0 aliphatic rings. The zero-order valence-electron chi connectivity index (χ0n) is 12.5. The van der Waals surface area contributed by atoms with Gasteiger partial charge in [-0.2, -0.15) is 0 Å². The standard InChI is InChI=1S/C15H25NO2S/c1-12-8-6-7-9-13(12)10-19(17,18)11-14(16-5)15(2,3)4/h6-9,14,16H,10-11H2,1-5H3. The second-order valence-electron chi connectivity index (χ2n) is 6.19. The van der Waals surface area contributed by atoms with Crippen LogP contribution >= 0.6 is 0 Å². The van der Waals surface area contributed by atoms with Gasteiger partial charge < -0.3 is 5.32 Å². The molecule has 0 amide bonds. The summed E-state index contributed by atoms with van der Waals surface area (Å²) in [6.07, 6.45) is 0. The van der Waals surface area contributed by atoms with Crippen LogP contribution in [0.25, 0.3) is 0 Å². The zero-order valence-corrected chi connectivity index (χ0v) is 13.3. The number of aryl methyl sites for hydroxylation is 1. The highest BCUT2D eigenvalue weighted by molar-refractivity contribution is 7.90. The molecule has 3 nitrogen and oxygen atoms in total. The SMILES string of the molecule is CNC(CS(=O)(=O)Cc1ccccc1C)C(C)(C)C. The molecule has 1 aromatic rings. The summed E-state index contributed by atoms with van der Waals surface area (Å²) < 4.78 is 24.7. The molecule has 0 spiro atoms. The van der Waals surface area contributed by atoms with Crippen LogP contribution in [-0.4, -0.2) is 27.3 Å². The van der Waals surface area contributed by atoms with Crippen LogP contribution in [0.5, 0.6) is 0 Å². The van der Waals surface area contributed by atoms with Gasteiger partial charge >= 0.3 is 0 Å². The molecule has 19 heavy (non-hydrogen) atoms. The van der Waals surface area contributed by atoms with Gasteiger partial charge in [0.2, 0.25) is 0 Å². The lowest BCUT2D eigenvalue weighted by atomic mass is 9.88. The topological polar surface area (TPSA) is 46.2 Å². The first kappa shape index (κ1) is 16.2. The third-order valence-corrected chi connectivity index (χ3v) is 5.04. The molecule has 1 unspecified atom stereocenters. The summed E-state index contributed by atoms with van der Waals surface area (Å²) in [6, 6.07) is 7.61. The van der Waals surface area contributed by atoms with Gasteiger partial charge in [0.1, 0.15) is 0 Å². The largest absolute Gasteiger partial charge is 0.315 e. The van der Waals surface area contributed by atoms with Gasteiger partial charge in [-0.1, -0.05) is 45.0 Å². The summed E-state index contributed by atoms with van der Waals surface area (Å²) in [6.45, 7) is 8.11. The van der Waals surface area contributed by atoms with Crippen molar-refractivity contribution in [1.82, 2.24) is 5.32 Å². The molecule has 0 aromatic heterocycles. The van der Waals surface area contributed by atoms with Gasteiger partial charge in [-0.25, -0.2) is 8.42 Å². The second kappa shape index (κ2) is 6.06. The Hall–Kier alpha value is -0.870. The molecule has 1 N–H and O–H groups in total. The second-order valence-corrected chi connectivity index (χ2v) is 8.30. The highest BCUT2D eigenvalue weighted by Crippen LogP contribution is 2.22. The Morgan fingerprint density at radius 3 is 2.26 bits per heavy atom. The summed E-state index contributed by atoms with van der Waals surface area (Å²) in [5, 5.41) is 3.12. The van der Waals surface area contributed by atoms with Crippen molar-refractivity contribution in [2.45, 2.75) is 39.5 Å². The lowest BCUT2D eigenvalue weighted by Gasteiger charge is -2.30. The number of nitrogens with one attached hydrogen (secondary N) is 1. The molecule has 0 heterocycles. The molecule has 0 bridgehead atoms. The van der Waals surface area contributed by atoms with E-state index in [0.717, 1.165) is 11.1 Å². The lowest BCUT2D eigenvalue weighted by molar-refractivity contribution is 0.302. The molecule has 0 aliphatic carbocycles. The van der Waals surface area contributed by atoms with Crippen molar-refractivity contribution in [1.29, 1.82) is 0 Å². The summed E-state index contributed by atoms with van der Waals surface area (Å²) >= 11 is 0. The van der Waals surface area contributed by atoms with Crippen LogP contribution in [-0.2, 0) is 15.6 Å². The Balaban J connectivity index is 2.86. The van der Waals surface area contributed by atoms with E-state index in [1.54, 1.807) is 0 Å². The predicted octanol–water partition coefficient (Wildman–Crippen LogP) is 2.54. The number of hydrogen-bond donors (Lipinski definition) is 1. The molecule has 0 radical (unpaired) electrons. The normalized spacial score (nSPS) is 14.4. The van der Waals surface area contributed by atoms with Gasteiger partial charge in [0.05, 0.1) is 11.5 Å². The first-order chi connectivity index (χ1) is 8.65. The van der Waals surface area contributed by atoms with Crippen molar-refractivity contribution >= 4 is 9.84 Å². The molecule has 0 saturated carbocycles. The first-order valence-electron chi connectivity index (χ1n) is 6.58. The van der Waals surface area contributed by atoms with Gasteiger partial charge in [-0.15, -0.1) is 0 Å². The fourth-order valence-electron chi connectivity index (χ4n) is 2.09. The Morgan fingerprint density at radius 2 is 1.79 bits per heavy atom. The molecule has 108 valence electrons. The molecule has 0 aliphatic heterocycles. The molecule has 4 heteroatoms. The maximum absolute atomic E-state index is 12.3. The van der Waals surface area contributed by atoms with Crippen LogP contribution < -0.4 is 5.32 Å². The summed E-state index contributed by atoms with van der Waals surface area (Å²) in [5.41, 5.74) is 1.85. The van der Waals surface area contributed by atoms with E-state index in [-0.39, 0.29) is 23.0 Å². The first-order valence-corrected chi connectivity index (χ1v) is 8.40. The average Bonchev–Trinajstić information content (AvgIpc) is 2.27. The van der Waals surface area contributed by atoms with Crippen molar-refractivity contribution in [3.63, 3.8) is 0 Å². The maximum Gasteiger partial charge on any atom is 0.156 e. The summed E-state index contributed by atoms with van der Waals surface area (Å²) in [4.78, 5) is 0. The van der Waals surface area contributed by atoms with E-state index in [4.69, 9.17) is 0 Å². The Bertz CT molecular complexity index is 515. The minimum Gasteiger partial charge on any atom is -0.315 e. The van der Waals surface area contributed by atoms with Gasteiger partial charge in [0.15, 0.2) is 9.84 Å². The third-order valence-electron chi connectivity index (χ3n) is 3.45. The van der Waals surface area contributed by atoms with Crippen LogP contribution in [0.4, 0.5) is 0 Å². The molecule has 1 atom stereocenters. The summed E-state index contributed by atoms with van der Waals surface area (Å²) in [7, 11) is -1.30. The Kier molecular flexibility index (Phi) is 5.16. The van der Waals surface area contributed by atoms with Gasteiger partial charge in [-0.05, 0) is 30.5 Å². The van der Waals surface area contributed by atoms with Gasteiger partial charge in [-0.3, -0.25) is 0 Å². The van der Waals surface area contributed by atoms with Crippen molar-refractivity contribution in [3.05, 3.63) is 35.4 Å². The van der Waals surface area contributed by atoms with E-state index in [0.29, 0.717) is 0 Å². The minimum atomic E-state index is -3.11. The van der Waals surface area contributed by atoms with Crippen LogP contribution in [0.1, 0.15) is 31.9 Å². The highest BCUT2D eigenvalue weighted by Gasteiger charge is 2.28. The predicted molar refractivity (Wildman–Crippen MR) is 81.0 cm³/mol. The van der Waals surface area contributed by atoms with Crippen molar-refractivity contribution in [2.24, 2.45) is 5.41 Å². The number of sulfone groups is 1. The molecule has 1 aromatic carbocycles. The van der Waals surface area contributed by atoms with E-state index < -0.39 is 9.84 Å². The monoisotopic (exact) mass is 283 g/mol. The highest BCUT2D eigenvalue weighted by atomic mass is 32.2. The average molecular weight is 283 g/mol. The number of rotatable bonds is 5. The molecular weight excluding hydrogens is 258 g/mol. The van der Waals surface area contributed by atoms with Crippen LogP contribution in [0, 0.1) is 12.3 Å². The van der Waals surface area contributed by atoms with E-state index in [9.17, 15) is 8.42 Å². The number of benzene rings is 1. The lowest BCUT2D eigenvalue weighted by Crippen LogP contribution is -2.43. The maximum atomic E-state index is 12.3. The van der Waals surface area contributed by atoms with E-state index in [1.165, 1.54) is 0 Å². The summed E-state index contributed by atoms with van der Waals surface area (Å²) in [5.74, 6) is 0.287. The van der Waals surface area contributed by atoms with Crippen LogP contribution in [0.15, 0.2) is 24.3 Å². The van der Waals surface area contributed by atoms with Crippen molar-refractivity contribution in [3.8, 4) is 0 Å². The zero-order chi connectivity index (χ0) is 14.7. The minimum absolute atomic E-state index is 0.0403. The molecule has 0 fully saturated rings. The van der Waals surface area contributed by atoms with Gasteiger partial charge in [0, 0.05) is 6.04 Å². The fourth-order valence-corrected chi connectivity index (χ4v) is 4.18. The van der Waals surface area contributed by atoms with Crippen LogP contribution in [0.3, 0.4) is 0 Å². The smallest absolute Gasteiger partial charge is 0.156 e.